The molecule has 2 aliphatic carbocycles. The summed E-state index contributed by atoms with van der Waals surface area (Å²) in [5.41, 5.74) is 3.74. The van der Waals surface area contributed by atoms with Crippen molar-refractivity contribution < 1.29 is 0 Å². The lowest BCUT2D eigenvalue weighted by Crippen LogP contribution is -2.29. The molecule has 1 heterocycles. The maximum absolute atomic E-state index is 5.61. The maximum Gasteiger partial charge on any atom is 0.148 e. The van der Waals surface area contributed by atoms with Crippen LogP contribution in [0.15, 0.2) is 0 Å². The highest BCUT2D eigenvalue weighted by molar-refractivity contribution is 5.57. The van der Waals surface area contributed by atoms with E-state index in [0.29, 0.717) is 12.0 Å². The number of nitrogen functional groups attached to an aromatic ring is 1. The summed E-state index contributed by atoms with van der Waals surface area (Å²) in [7, 11) is 0. The summed E-state index contributed by atoms with van der Waals surface area (Å²) in [4.78, 5) is 9.31. The second-order valence-corrected chi connectivity index (χ2v) is 6.65. The fourth-order valence-electron chi connectivity index (χ4n) is 3.31. The molecule has 1 atom stereocenters. The van der Waals surface area contributed by atoms with Crippen LogP contribution in [0.2, 0.25) is 0 Å². The summed E-state index contributed by atoms with van der Waals surface area (Å²) in [6.07, 6.45) is 9.18. The van der Waals surface area contributed by atoms with Crippen LogP contribution in [-0.4, -0.2) is 16.0 Å². The number of nitrogens with two attached hydrogens (primary N) is 1. The molecule has 2 aliphatic rings. The number of nitrogens with zero attached hydrogens (tertiary/aromatic N) is 2. The normalized spacial score (nSPS) is 21.1. The highest BCUT2D eigenvalue weighted by Crippen LogP contribution is 2.39. The summed E-state index contributed by atoms with van der Waals surface area (Å²) in [6, 6.07) is 0.455. The van der Waals surface area contributed by atoms with E-state index in [0.717, 1.165) is 28.9 Å². The second-order valence-electron chi connectivity index (χ2n) is 6.65. The quantitative estimate of drug-likeness (QED) is 0.572. The van der Waals surface area contributed by atoms with E-state index in [9.17, 15) is 0 Å². The van der Waals surface area contributed by atoms with Gasteiger partial charge in [0.15, 0.2) is 0 Å². The van der Waals surface area contributed by atoms with Crippen LogP contribution in [0.3, 0.4) is 0 Å². The first-order chi connectivity index (χ1) is 10.2. The van der Waals surface area contributed by atoms with Gasteiger partial charge in [0.05, 0.1) is 0 Å². The molecule has 116 valence electrons. The van der Waals surface area contributed by atoms with Crippen molar-refractivity contribution in [2.45, 2.75) is 70.8 Å². The minimum absolute atomic E-state index is 0.455. The zero-order valence-electron chi connectivity index (χ0n) is 13.2. The molecule has 0 bridgehead atoms. The molecule has 1 unspecified atom stereocenters. The lowest BCUT2D eigenvalue weighted by Gasteiger charge is -2.29. The Labute approximate surface area is 127 Å². The molecule has 1 aromatic heterocycles. The highest BCUT2D eigenvalue weighted by atomic mass is 15.3. The van der Waals surface area contributed by atoms with Crippen molar-refractivity contribution in [2.24, 2.45) is 11.8 Å². The Kier molecular flexibility index (Phi) is 4.29. The largest absolute Gasteiger partial charge is 0.367 e. The lowest BCUT2D eigenvalue weighted by molar-refractivity contribution is 0.328. The van der Waals surface area contributed by atoms with Gasteiger partial charge in [0.1, 0.15) is 17.5 Å². The molecule has 0 saturated heterocycles. The summed E-state index contributed by atoms with van der Waals surface area (Å²) < 4.78 is 0. The SMILES string of the molecule is Cc1c(NN)nc(C2CC2)nc1NC(C)C1CCCCC1. The standard InChI is InChI=1S/C16H27N5/c1-10-14(18-11(2)12-6-4-3-5-7-12)19-16(13-8-9-13)20-15(10)21-17/h11-13H,3-9,17H2,1-2H3,(H2,18,19,20,21). The molecule has 2 fully saturated rings. The van der Waals surface area contributed by atoms with Gasteiger partial charge < -0.3 is 10.7 Å². The van der Waals surface area contributed by atoms with Crippen LogP contribution in [-0.2, 0) is 0 Å². The molecule has 0 spiro atoms. The van der Waals surface area contributed by atoms with E-state index < -0.39 is 0 Å². The molecule has 1 aromatic rings. The van der Waals surface area contributed by atoms with Gasteiger partial charge in [-0.15, -0.1) is 0 Å². The van der Waals surface area contributed by atoms with E-state index in [-0.39, 0.29) is 0 Å². The molecule has 0 aliphatic heterocycles. The fraction of sp³-hybridized carbons (Fsp3) is 0.750. The third-order valence-corrected chi connectivity index (χ3v) is 4.96. The number of rotatable bonds is 5. The first-order valence-corrected chi connectivity index (χ1v) is 8.30. The first-order valence-electron chi connectivity index (χ1n) is 8.30. The first kappa shape index (κ1) is 14.6. The van der Waals surface area contributed by atoms with Crippen LogP contribution in [0.1, 0.15) is 69.2 Å². The van der Waals surface area contributed by atoms with Crippen LogP contribution in [0, 0.1) is 12.8 Å². The van der Waals surface area contributed by atoms with Gasteiger partial charge >= 0.3 is 0 Å². The lowest BCUT2D eigenvalue weighted by atomic mass is 9.84. The third-order valence-electron chi connectivity index (χ3n) is 4.96. The molecular weight excluding hydrogens is 262 g/mol. The van der Waals surface area contributed by atoms with Gasteiger partial charge in [0, 0.05) is 17.5 Å². The molecular formula is C16H27N5. The molecule has 5 heteroatoms. The van der Waals surface area contributed by atoms with E-state index in [2.05, 4.69) is 22.7 Å². The minimum Gasteiger partial charge on any atom is -0.367 e. The summed E-state index contributed by atoms with van der Waals surface area (Å²) >= 11 is 0. The molecule has 0 aromatic carbocycles. The number of anilines is 2. The van der Waals surface area contributed by atoms with Gasteiger partial charge in [-0.25, -0.2) is 15.8 Å². The van der Waals surface area contributed by atoms with Gasteiger partial charge in [0.25, 0.3) is 0 Å². The minimum atomic E-state index is 0.455. The van der Waals surface area contributed by atoms with E-state index in [1.54, 1.807) is 0 Å². The predicted octanol–water partition coefficient (Wildman–Crippen LogP) is 3.33. The van der Waals surface area contributed by atoms with Crippen LogP contribution >= 0.6 is 0 Å². The smallest absolute Gasteiger partial charge is 0.148 e. The van der Waals surface area contributed by atoms with Crippen molar-refractivity contribution in [3.63, 3.8) is 0 Å². The number of aromatic nitrogens is 2. The Balaban J connectivity index is 1.78. The average Bonchev–Trinajstić information content (AvgIpc) is 3.35. The fourth-order valence-corrected chi connectivity index (χ4v) is 3.31. The number of hydrogen-bond acceptors (Lipinski definition) is 5. The Morgan fingerprint density at radius 2 is 1.71 bits per heavy atom. The van der Waals surface area contributed by atoms with Crippen molar-refractivity contribution in [3.05, 3.63) is 11.4 Å². The molecule has 21 heavy (non-hydrogen) atoms. The van der Waals surface area contributed by atoms with Crippen molar-refractivity contribution in [3.8, 4) is 0 Å². The van der Waals surface area contributed by atoms with Crippen LogP contribution < -0.4 is 16.6 Å². The Morgan fingerprint density at radius 3 is 2.33 bits per heavy atom. The second kappa shape index (κ2) is 6.18. The van der Waals surface area contributed by atoms with Gasteiger partial charge in [-0.3, -0.25) is 0 Å². The van der Waals surface area contributed by atoms with Crippen molar-refractivity contribution in [1.29, 1.82) is 0 Å². The predicted molar refractivity (Wildman–Crippen MR) is 86.2 cm³/mol. The molecule has 0 radical (unpaired) electrons. The summed E-state index contributed by atoms with van der Waals surface area (Å²) in [5.74, 6) is 9.55. The van der Waals surface area contributed by atoms with Gasteiger partial charge in [-0.1, -0.05) is 19.3 Å². The van der Waals surface area contributed by atoms with Crippen molar-refractivity contribution in [1.82, 2.24) is 9.97 Å². The van der Waals surface area contributed by atoms with Crippen molar-refractivity contribution >= 4 is 11.6 Å². The number of hydrazine groups is 1. The molecule has 5 nitrogen and oxygen atoms in total. The third kappa shape index (κ3) is 3.28. The average molecular weight is 289 g/mol. The molecule has 4 N–H and O–H groups in total. The topological polar surface area (TPSA) is 75.9 Å². The zero-order valence-corrected chi connectivity index (χ0v) is 13.2. The molecule has 2 saturated carbocycles. The Bertz CT molecular complexity index is 492. The Hall–Kier alpha value is -1.36. The van der Waals surface area contributed by atoms with E-state index in [1.165, 1.54) is 44.9 Å². The maximum atomic E-state index is 5.61. The van der Waals surface area contributed by atoms with Crippen LogP contribution in [0.4, 0.5) is 11.6 Å². The van der Waals surface area contributed by atoms with Gasteiger partial charge in [-0.05, 0) is 45.4 Å². The number of hydrogen-bond donors (Lipinski definition) is 3. The molecule has 3 rings (SSSR count). The van der Waals surface area contributed by atoms with E-state index >= 15 is 0 Å². The highest BCUT2D eigenvalue weighted by Gasteiger charge is 2.29. The van der Waals surface area contributed by atoms with Crippen molar-refractivity contribution in [2.75, 3.05) is 10.7 Å². The zero-order chi connectivity index (χ0) is 14.8. The molecule has 0 amide bonds. The van der Waals surface area contributed by atoms with Gasteiger partial charge in [0.2, 0.25) is 0 Å². The Morgan fingerprint density at radius 1 is 1.05 bits per heavy atom. The monoisotopic (exact) mass is 289 g/mol. The van der Waals surface area contributed by atoms with Crippen LogP contribution in [0.25, 0.3) is 0 Å². The van der Waals surface area contributed by atoms with Crippen LogP contribution in [0.5, 0.6) is 0 Å². The summed E-state index contributed by atoms with van der Waals surface area (Å²) in [6.45, 7) is 4.31. The summed E-state index contributed by atoms with van der Waals surface area (Å²) in [5, 5.41) is 3.63. The number of nitrogens with one attached hydrogen (secondary N) is 2. The van der Waals surface area contributed by atoms with E-state index in [4.69, 9.17) is 10.8 Å². The van der Waals surface area contributed by atoms with E-state index in [1.807, 2.05) is 6.92 Å². The van der Waals surface area contributed by atoms with Gasteiger partial charge in [-0.2, -0.15) is 0 Å².